The topological polar surface area (TPSA) is 49.1 Å². The van der Waals surface area contributed by atoms with E-state index in [1.165, 1.54) is 0 Å². The number of esters is 1. The molecule has 0 aliphatic rings. The lowest BCUT2D eigenvalue weighted by atomic mass is 9.95. The highest BCUT2D eigenvalue weighted by Gasteiger charge is 2.16. The molecule has 0 saturated heterocycles. The van der Waals surface area contributed by atoms with E-state index in [2.05, 4.69) is 104 Å². The maximum Gasteiger partial charge on any atom is 0.338 e. The van der Waals surface area contributed by atoms with Gasteiger partial charge < -0.3 is 13.9 Å². The van der Waals surface area contributed by atoms with Crippen LogP contribution in [0.15, 0.2) is 91.0 Å². The van der Waals surface area contributed by atoms with Crippen LogP contribution in [0.5, 0.6) is 0 Å². The lowest BCUT2D eigenvalue weighted by molar-refractivity contribution is 0.0526. The predicted molar refractivity (Wildman–Crippen MR) is 158 cm³/mol. The van der Waals surface area contributed by atoms with E-state index in [0.29, 0.717) is 12.2 Å². The Labute approximate surface area is 230 Å². The summed E-state index contributed by atoms with van der Waals surface area (Å²) in [6, 6.07) is 30.7. The van der Waals surface area contributed by atoms with Gasteiger partial charge in [0.25, 0.3) is 0 Å². The van der Waals surface area contributed by atoms with Gasteiger partial charge in [-0.1, -0.05) is 42.5 Å². The van der Waals surface area contributed by atoms with Crippen LogP contribution in [0.3, 0.4) is 0 Å². The van der Waals surface area contributed by atoms with Crippen molar-refractivity contribution in [2.24, 2.45) is 0 Å². The fraction of sp³-hybridized carbons (Fsp3) is 0.176. The number of carbonyl (C=O) groups excluding carboxylic acids is 1. The van der Waals surface area contributed by atoms with Gasteiger partial charge in [-0.15, -0.1) is 0 Å². The van der Waals surface area contributed by atoms with Crippen molar-refractivity contribution >= 4 is 17.6 Å². The van der Waals surface area contributed by atoms with E-state index < -0.39 is 0 Å². The zero-order valence-electron chi connectivity index (χ0n) is 23.1. The van der Waals surface area contributed by atoms with Crippen LogP contribution in [-0.2, 0) is 4.74 Å². The molecule has 0 aliphatic heterocycles. The maximum atomic E-state index is 12.2. The van der Waals surface area contributed by atoms with Gasteiger partial charge in [0.05, 0.1) is 12.2 Å². The van der Waals surface area contributed by atoms with Crippen molar-refractivity contribution in [3.05, 3.63) is 136 Å². The van der Waals surface area contributed by atoms with Crippen LogP contribution in [-0.4, -0.2) is 26.7 Å². The van der Waals surface area contributed by atoms with Gasteiger partial charge in [0.1, 0.15) is 11.6 Å². The molecule has 5 nitrogen and oxygen atoms in total. The summed E-state index contributed by atoms with van der Waals surface area (Å²) in [7, 11) is 0. The van der Waals surface area contributed by atoms with Crippen LogP contribution in [0.2, 0.25) is 0 Å². The first kappa shape index (κ1) is 26.0. The largest absolute Gasteiger partial charge is 0.462 e. The minimum Gasteiger partial charge on any atom is -0.462 e. The fourth-order valence-corrected chi connectivity index (χ4v) is 4.99. The van der Waals surface area contributed by atoms with Crippen LogP contribution in [0.4, 0.5) is 0 Å². The van der Waals surface area contributed by atoms with Gasteiger partial charge in [-0.3, -0.25) is 0 Å². The molecule has 39 heavy (non-hydrogen) atoms. The average molecular weight is 516 g/mol. The third kappa shape index (κ3) is 5.34. The number of carbonyl (C=O) groups is 1. The van der Waals surface area contributed by atoms with Gasteiger partial charge in [-0.05, 0) is 111 Å². The number of aromatic nitrogens is 3. The van der Waals surface area contributed by atoms with E-state index in [4.69, 9.17) is 9.72 Å². The second-order valence-corrected chi connectivity index (χ2v) is 9.74. The molecule has 3 aromatic heterocycles. The SMILES string of the molecule is CCOC(=O)c1ccc(C=C(c2ccccc2)c2cc(-n3c(C)ccc3C)nc(-n3c(C)ccc3C)c2)cc1. The molecule has 0 unspecified atom stereocenters. The molecule has 2 aromatic carbocycles. The van der Waals surface area contributed by atoms with Gasteiger partial charge in [0.2, 0.25) is 0 Å². The highest BCUT2D eigenvalue weighted by molar-refractivity contribution is 5.93. The van der Waals surface area contributed by atoms with E-state index in [9.17, 15) is 4.79 Å². The standard InChI is InChI=1S/C34H33N3O2/c1-6-39-34(38)29-18-16-27(17-19-29)20-31(28-10-8-7-9-11-28)30-21-32(36-23(2)12-13-24(36)3)35-33(22-30)37-25(4)14-15-26(37)5/h7-22H,6H2,1-5H3. The van der Waals surface area contributed by atoms with Crippen molar-refractivity contribution in [3.8, 4) is 11.6 Å². The number of ether oxygens (including phenoxy) is 1. The maximum absolute atomic E-state index is 12.2. The molecule has 0 fully saturated rings. The second-order valence-electron chi connectivity index (χ2n) is 9.74. The third-order valence-corrected chi connectivity index (χ3v) is 6.93. The molecule has 5 rings (SSSR count). The molecule has 0 radical (unpaired) electrons. The number of benzene rings is 2. The summed E-state index contributed by atoms with van der Waals surface area (Å²) in [5.41, 5.74) is 9.26. The smallest absolute Gasteiger partial charge is 0.338 e. The van der Waals surface area contributed by atoms with Crippen molar-refractivity contribution in [1.29, 1.82) is 0 Å². The third-order valence-electron chi connectivity index (χ3n) is 6.93. The number of hydrogen-bond donors (Lipinski definition) is 0. The van der Waals surface area contributed by atoms with E-state index in [0.717, 1.165) is 56.7 Å². The summed E-state index contributed by atoms with van der Waals surface area (Å²) in [5.74, 6) is 1.43. The lowest BCUT2D eigenvalue weighted by Gasteiger charge is -2.17. The quantitative estimate of drug-likeness (QED) is 0.165. The molecule has 0 N–H and O–H groups in total. The zero-order chi connectivity index (χ0) is 27.5. The summed E-state index contributed by atoms with van der Waals surface area (Å²) >= 11 is 0. The van der Waals surface area contributed by atoms with Crippen molar-refractivity contribution in [2.75, 3.05) is 6.61 Å². The Morgan fingerprint density at radius 2 is 1.21 bits per heavy atom. The van der Waals surface area contributed by atoms with Crippen LogP contribution in [0, 0.1) is 27.7 Å². The predicted octanol–water partition coefficient (Wildman–Crippen LogP) is 7.66. The summed E-state index contributed by atoms with van der Waals surface area (Å²) in [5, 5.41) is 0. The van der Waals surface area contributed by atoms with Crippen molar-refractivity contribution < 1.29 is 9.53 Å². The first-order valence-electron chi connectivity index (χ1n) is 13.2. The second kappa shape index (κ2) is 11.0. The van der Waals surface area contributed by atoms with E-state index in [-0.39, 0.29) is 5.97 Å². The summed E-state index contributed by atoms with van der Waals surface area (Å²) in [6.07, 6.45) is 2.16. The van der Waals surface area contributed by atoms with Crippen molar-refractivity contribution in [3.63, 3.8) is 0 Å². The zero-order valence-corrected chi connectivity index (χ0v) is 23.1. The van der Waals surface area contributed by atoms with Crippen molar-refractivity contribution in [1.82, 2.24) is 14.1 Å². The molecule has 0 aliphatic carbocycles. The molecule has 0 amide bonds. The molecule has 3 heterocycles. The molecule has 196 valence electrons. The minimum absolute atomic E-state index is 0.311. The molecule has 0 spiro atoms. The van der Waals surface area contributed by atoms with Gasteiger partial charge in [0, 0.05) is 22.8 Å². The van der Waals surface area contributed by atoms with Crippen LogP contribution >= 0.6 is 0 Å². The Bertz CT molecular complexity index is 1550. The highest BCUT2D eigenvalue weighted by atomic mass is 16.5. The number of aryl methyl sites for hydroxylation is 4. The number of rotatable bonds is 7. The lowest BCUT2D eigenvalue weighted by Crippen LogP contribution is -2.09. The van der Waals surface area contributed by atoms with Crippen LogP contribution < -0.4 is 0 Å². The normalized spacial score (nSPS) is 11.6. The van der Waals surface area contributed by atoms with E-state index in [1.807, 2.05) is 37.3 Å². The van der Waals surface area contributed by atoms with Crippen LogP contribution in [0.25, 0.3) is 23.3 Å². The Balaban J connectivity index is 1.72. The van der Waals surface area contributed by atoms with E-state index >= 15 is 0 Å². The molecule has 0 bridgehead atoms. The monoisotopic (exact) mass is 515 g/mol. The van der Waals surface area contributed by atoms with Gasteiger partial charge in [-0.2, -0.15) is 0 Å². The Hall–Kier alpha value is -4.64. The molecule has 0 saturated carbocycles. The molecule has 5 aromatic rings. The average Bonchev–Trinajstić information content (AvgIpc) is 3.46. The Morgan fingerprint density at radius 1 is 0.692 bits per heavy atom. The fourth-order valence-electron chi connectivity index (χ4n) is 4.99. The summed E-state index contributed by atoms with van der Waals surface area (Å²) in [6.45, 7) is 10.6. The van der Waals surface area contributed by atoms with Gasteiger partial charge in [-0.25, -0.2) is 9.78 Å². The summed E-state index contributed by atoms with van der Waals surface area (Å²) in [4.78, 5) is 17.3. The molecule has 0 atom stereocenters. The van der Waals surface area contributed by atoms with Gasteiger partial charge >= 0.3 is 5.97 Å². The van der Waals surface area contributed by atoms with Crippen molar-refractivity contribution in [2.45, 2.75) is 34.6 Å². The highest BCUT2D eigenvalue weighted by Crippen LogP contribution is 2.30. The number of hydrogen-bond acceptors (Lipinski definition) is 3. The van der Waals surface area contributed by atoms with E-state index in [1.54, 1.807) is 0 Å². The molecular weight excluding hydrogens is 482 g/mol. The molecular formula is C34H33N3O2. The first-order chi connectivity index (χ1) is 18.9. The summed E-state index contributed by atoms with van der Waals surface area (Å²) < 4.78 is 9.54. The number of nitrogens with zero attached hydrogens (tertiary/aromatic N) is 3. The molecule has 5 heteroatoms. The Kier molecular flexibility index (Phi) is 7.33. The number of pyridine rings is 1. The van der Waals surface area contributed by atoms with Gasteiger partial charge in [0.15, 0.2) is 0 Å². The minimum atomic E-state index is -0.311. The van der Waals surface area contributed by atoms with Crippen LogP contribution in [0.1, 0.15) is 56.7 Å². The first-order valence-corrected chi connectivity index (χ1v) is 13.2. The Morgan fingerprint density at radius 3 is 1.69 bits per heavy atom.